The highest BCUT2D eigenvalue weighted by molar-refractivity contribution is 6.01. The molecule has 0 aliphatic heterocycles. The van der Waals surface area contributed by atoms with Crippen molar-refractivity contribution in [2.75, 3.05) is 0 Å². The van der Waals surface area contributed by atoms with Crippen LogP contribution in [0.1, 0.15) is 10.5 Å². The summed E-state index contributed by atoms with van der Waals surface area (Å²) >= 11 is 0. The summed E-state index contributed by atoms with van der Waals surface area (Å²) in [7, 11) is 0. The maximum Gasteiger partial charge on any atom is 0.265 e. The van der Waals surface area contributed by atoms with Gasteiger partial charge in [0.25, 0.3) is 5.91 Å². The quantitative estimate of drug-likeness (QED) is 0.706. The first-order chi connectivity index (χ1) is 8.75. The number of rotatable bonds is 2. The number of hydrogen-bond acceptors (Lipinski definition) is 1. The van der Waals surface area contributed by atoms with Gasteiger partial charge in [0.15, 0.2) is 0 Å². The van der Waals surface area contributed by atoms with Crippen LogP contribution < -0.4 is 5.73 Å². The molecule has 1 aromatic heterocycles. The van der Waals surface area contributed by atoms with Crippen molar-refractivity contribution in [2.24, 2.45) is 5.73 Å². The van der Waals surface area contributed by atoms with Gasteiger partial charge in [-0.2, -0.15) is 0 Å². The Morgan fingerprint density at radius 3 is 2.50 bits per heavy atom. The number of aromatic nitrogens is 1. The second kappa shape index (κ2) is 4.04. The second-order valence-corrected chi connectivity index (χ2v) is 4.18. The minimum absolute atomic E-state index is 0.438. The summed E-state index contributed by atoms with van der Waals surface area (Å²) in [6.07, 6.45) is 0. The van der Waals surface area contributed by atoms with Gasteiger partial charge in [0.05, 0.1) is 5.52 Å². The number of carbonyl (C=O) groups excluding carboxylic acids is 1. The Morgan fingerprint density at radius 1 is 1.00 bits per heavy atom. The molecule has 3 nitrogen and oxygen atoms in total. The number of primary amides is 1. The van der Waals surface area contributed by atoms with Gasteiger partial charge in [-0.3, -0.25) is 4.79 Å². The van der Waals surface area contributed by atoms with E-state index in [-0.39, 0.29) is 0 Å². The van der Waals surface area contributed by atoms with Gasteiger partial charge in [-0.05, 0) is 11.6 Å². The molecule has 0 spiro atoms. The van der Waals surface area contributed by atoms with Crippen LogP contribution in [0.5, 0.6) is 0 Å². The molecule has 0 fully saturated rings. The van der Waals surface area contributed by atoms with E-state index in [0.29, 0.717) is 5.69 Å². The summed E-state index contributed by atoms with van der Waals surface area (Å²) in [5, 5.41) is 0.991. The molecular weight excluding hydrogens is 224 g/mol. The number of benzene rings is 2. The third-order valence-electron chi connectivity index (χ3n) is 3.01. The lowest BCUT2D eigenvalue weighted by molar-refractivity contribution is 0.0996. The maximum absolute atomic E-state index is 11.2. The smallest absolute Gasteiger partial charge is 0.265 e. The molecule has 3 N–H and O–H groups in total. The molecule has 1 heterocycles. The average molecular weight is 236 g/mol. The third-order valence-corrected chi connectivity index (χ3v) is 3.01. The van der Waals surface area contributed by atoms with Crippen LogP contribution in [-0.4, -0.2) is 10.9 Å². The van der Waals surface area contributed by atoms with E-state index in [1.54, 1.807) is 6.07 Å². The summed E-state index contributed by atoms with van der Waals surface area (Å²) in [5.41, 5.74) is 8.86. The fraction of sp³-hybridized carbons (Fsp3) is 0. The highest BCUT2D eigenvalue weighted by atomic mass is 16.1. The Labute approximate surface area is 104 Å². The molecule has 1 amide bonds. The van der Waals surface area contributed by atoms with Gasteiger partial charge in [-0.25, -0.2) is 0 Å². The zero-order valence-electron chi connectivity index (χ0n) is 9.68. The fourth-order valence-electron chi connectivity index (χ4n) is 2.15. The largest absolute Gasteiger partial charge is 0.364 e. The second-order valence-electron chi connectivity index (χ2n) is 4.18. The van der Waals surface area contributed by atoms with Crippen molar-refractivity contribution in [1.29, 1.82) is 0 Å². The first-order valence-electron chi connectivity index (χ1n) is 5.72. The molecular formula is C15H12N2O. The molecule has 0 aliphatic rings. The molecule has 0 saturated carbocycles. The first kappa shape index (κ1) is 10.6. The van der Waals surface area contributed by atoms with E-state index in [4.69, 9.17) is 5.73 Å². The Morgan fingerprint density at radius 2 is 1.78 bits per heavy atom. The third kappa shape index (κ3) is 1.66. The topological polar surface area (TPSA) is 58.9 Å². The van der Waals surface area contributed by atoms with Crippen molar-refractivity contribution in [1.82, 2.24) is 4.98 Å². The Hall–Kier alpha value is -2.55. The molecule has 2 aromatic carbocycles. The number of fused-ring (bicyclic) bond motifs is 1. The number of amides is 1. The van der Waals surface area contributed by atoms with Crippen LogP contribution in [-0.2, 0) is 0 Å². The summed E-state index contributed by atoms with van der Waals surface area (Å²) in [6, 6.07) is 17.8. The zero-order chi connectivity index (χ0) is 12.5. The standard InChI is InChI=1S/C15H12N2O/c16-15(18)13-9-11-7-4-8-12(14(11)17-13)10-5-2-1-3-6-10/h1-9,17H,(H2,16,18). The van der Waals surface area contributed by atoms with Crippen LogP contribution >= 0.6 is 0 Å². The molecule has 3 aromatic rings. The van der Waals surface area contributed by atoms with Crippen LogP contribution in [0.4, 0.5) is 0 Å². The number of para-hydroxylation sites is 1. The van der Waals surface area contributed by atoms with Gasteiger partial charge in [0, 0.05) is 10.9 Å². The van der Waals surface area contributed by atoms with Crippen molar-refractivity contribution < 1.29 is 4.79 Å². The highest BCUT2D eigenvalue weighted by Gasteiger charge is 2.09. The number of nitrogens with two attached hydrogens (primary N) is 1. The van der Waals surface area contributed by atoms with Gasteiger partial charge in [-0.1, -0.05) is 48.5 Å². The van der Waals surface area contributed by atoms with Crippen molar-refractivity contribution in [2.45, 2.75) is 0 Å². The van der Waals surface area contributed by atoms with Crippen molar-refractivity contribution in [3.63, 3.8) is 0 Å². The molecule has 88 valence electrons. The zero-order valence-corrected chi connectivity index (χ0v) is 9.68. The van der Waals surface area contributed by atoms with Crippen LogP contribution in [0, 0.1) is 0 Å². The summed E-state index contributed by atoms with van der Waals surface area (Å²) in [5.74, 6) is -0.440. The molecule has 3 heteroatoms. The van der Waals surface area contributed by atoms with Gasteiger partial charge < -0.3 is 10.7 Å². The number of H-pyrrole nitrogens is 1. The minimum atomic E-state index is -0.440. The lowest BCUT2D eigenvalue weighted by Crippen LogP contribution is -2.10. The van der Waals surface area contributed by atoms with E-state index in [0.717, 1.165) is 22.0 Å². The lowest BCUT2D eigenvalue weighted by atomic mass is 10.0. The van der Waals surface area contributed by atoms with Gasteiger partial charge in [0.1, 0.15) is 5.69 Å². The van der Waals surface area contributed by atoms with Gasteiger partial charge >= 0.3 is 0 Å². The van der Waals surface area contributed by atoms with Gasteiger partial charge in [-0.15, -0.1) is 0 Å². The van der Waals surface area contributed by atoms with E-state index in [1.165, 1.54) is 0 Å². The molecule has 0 saturated heterocycles. The van der Waals surface area contributed by atoms with Gasteiger partial charge in [0.2, 0.25) is 0 Å². The molecule has 0 atom stereocenters. The van der Waals surface area contributed by atoms with Crippen LogP contribution in [0.15, 0.2) is 54.6 Å². The van der Waals surface area contributed by atoms with Crippen LogP contribution in [0.3, 0.4) is 0 Å². The first-order valence-corrected chi connectivity index (χ1v) is 5.72. The van der Waals surface area contributed by atoms with E-state index in [9.17, 15) is 4.79 Å². The summed E-state index contributed by atoms with van der Waals surface area (Å²) in [6.45, 7) is 0. The molecule has 0 radical (unpaired) electrons. The van der Waals surface area contributed by atoms with Crippen LogP contribution in [0.25, 0.3) is 22.0 Å². The predicted molar refractivity (Wildman–Crippen MR) is 72.3 cm³/mol. The van der Waals surface area contributed by atoms with Crippen molar-refractivity contribution in [3.05, 3.63) is 60.3 Å². The van der Waals surface area contributed by atoms with E-state index in [1.807, 2.05) is 48.5 Å². The molecule has 0 aliphatic carbocycles. The fourth-order valence-corrected chi connectivity index (χ4v) is 2.15. The summed E-state index contributed by atoms with van der Waals surface area (Å²) in [4.78, 5) is 14.3. The number of nitrogens with one attached hydrogen (secondary N) is 1. The minimum Gasteiger partial charge on any atom is -0.364 e. The Balaban J connectivity index is 2.27. The highest BCUT2D eigenvalue weighted by Crippen LogP contribution is 2.28. The van der Waals surface area contributed by atoms with E-state index < -0.39 is 5.91 Å². The lowest BCUT2D eigenvalue weighted by Gasteiger charge is -2.02. The Kier molecular flexibility index (Phi) is 2.38. The average Bonchev–Trinajstić information content (AvgIpc) is 2.83. The number of hydrogen-bond donors (Lipinski definition) is 2. The molecule has 0 unspecified atom stereocenters. The monoisotopic (exact) mass is 236 g/mol. The summed E-state index contributed by atoms with van der Waals surface area (Å²) < 4.78 is 0. The number of aromatic amines is 1. The van der Waals surface area contributed by atoms with Crippen LogP contribution in [0.2, 0.25) is 0 Å². The Bertz CT molecular complexity index is 714. The van der Waals surface area contributed by atoms with Crippen molar-refractivity contribution >= 4 is 16.8 Å². The molecule has 18 heavy (non-hydrogen) atoms. The van der Waals surface area contributed by atoms with E-state index >= 15 is 0 Å². The molecule has 3 rings (SSSR count). The van der Waals surface area contributed by atoms with E-state index in [2.05, 4.69) is 4.98 Å². The normalized spacial score (nSPS) is 10.7. The maximum atomic E-state index is 11.2. The SMILES string of the molecule is NC(=O)c1cc2cccc(-c3ccccc3)c2[nH]1. The predicted octanol–water partition coefficient (Wildman–Crippen LogP) is 2.93. The molecule has 0 bridgehead atoms. The van der Waals surface area contributed by atoms with Crippen molar-refractivity contribution in [3.8, 4) is 11.1 Å². The number of carbonyl (C=O) groups is 1.